The van der Waals surface area contributed by atoms with Crippen molar-refractivity contribution in [3.63, 3.8) is 0 Å². The van der Waals surface area contributed by atoms with Crippen molar-refractivity contribution in [3.8, 4) is 0 Å². The van der Waals surface area contributed by atoms with Gasteiger partial charge in [0.05, 0.1) is 12.6 Å². The summed E-state index contributed by atoms with van der Waals surface area (Å²) < 4.78 is 1.72. The van der Waals surface area contributed by atoms with E-state index in [4.69, 9.17) is 0 Å². The Labute approximate surface area is 162 Å². The van der Waals surface area contributed by atoms with Crippen molar-refractivity contribution in [1.82, 2.24) is 20.1 Å². The zero-order valence-corrected chi connectivity index (χ0v) is 16.1. The van der Waals surface area contributed by atoms with Crippen molar-refractivity contribution >= 4 is 17.7 Å². The van der Waals surface area contributed by atoms with Crippen LogP contribution >= 0.6 is 0 Å². The van der Waals surface area contributed by atoms with E-state index in [-0.39, 0.29) is 54.2 Å². The Balaban J connectivity index is 1.83. The first-order chi connectivity index (χ1) is 13.3. The fourth-order valence-electron chi connectivity index (χ4n) is 4.23. The maximum Gasteiger partial charge on any atom is 0.251 e. The summed E-state index contributed by atoms with van der Waals surface area (Å²) in [6.45, 7) is 3.77. The lowest BCUT2D eigenvalue weighted by atomic mass is 9.78. The number of piperidine rings is 1. The summed E-state index contributed by atoms with van der Waals surface area (Å²) in [6.07, 6.45) is -0.271. The highest BCUT2D eigenvalue weighted by atomic mass is 16.3. The third-order valence-corrected chi connectivity index (χ3v) is 5.47. The van der Waals surface area contributed by atoms with E-state index in [9.17, 15) is 24.3 Å². The van der Waals surface area contributed by atoms with Crippen LogP contribution in [0.4, 0.5) is 0 Å². The lowest BCUT2D eigenvalue weighted by Gasteiger charge is -2.47. The van der Waals surface area contributed by atoms with Crippen LogP contribution < -0.4 is 16.2 Å². The molecule has 4 atom stereocenters. The summed E-state index contributed by atoms with van der Waals surface area (Å²) in [6, 6.07) is 4.78. The van der Waals surface area contributed by atoms with Crippen LogP contribution in [0, 0.1) is 5.92 Å². The van der Waals surface area contributed by atoms with E-state index in [0.717, 1.165) is 12.1 Å². The topological polar surface area (TPSA) is 121 Å². The quantitative estimate of drug-likeness (QED) is 0.594. The molecule has 0 saturated carbocycles. The molecule has 3 heterocycles. The van der Waals surface area contributed by atoms with Gasteiger partial charge in [-0.1, -0.05) is 6.07 Å². The van der Waals surface area contributed by atoms with Gasteiger partial charge in [0, 0.05) is 44.2 Å². The number of hydrogen-bond donors (Lipinski definition) is 3. The van der Waals surface area contributed by atoms with Crippen LogP contribution in [0.5, 0.6) is 0 Å². The molecule has 9 heteroatoms. The molecule has 28 heavy (non-hydrogen) atoms. The molecule has 152 valence electrons. The molecule has 3 amide bonds. The number of aliphatic hydroxyl groups is 1. The van der Waals surface area contributed by atoms with E-state index in [1.165, 1.54) is 19.9 Å². The Kier molecular flexibility index (Phi) is 5.83. The molecule has 0 unspecified atom stereocenters. The smallest absolute Gasteiger partial charge is 0.251 e. The summed E-state index contributed by atoms with van der Waals surface area (Å²) in [7, 11) is 0. The van der Waals surface area contributed by atoms with Crippen molar-refractivity contribution in [2.45, 2.75) is 38.3 Å². The van der Waals surface area contributed by atoms with Crippen molar-refractivity contribution in [3.05, 3.63) is 34.2 Å². The number of nitrogens with one attached hydrogen (secondary N) is 2. The van der Waals surface area contributed by atoms with Crippen LogP contribution in [-0.4, -0.2) is 64.6 Å². The number of aliphatic hydroxyl groups excluding tert-OH is 1. The van der Waals surface area contributed by atoms with Gasteiger partial charge in [-0.2, -0.15) is 0 Å². The molecule has 2 aliphatic heterocycles. The molecule has 1 aromatic heterocycles. The first-order valence-corrected chi connectivity index (χ1v) is 9.47. The monoisotopic (exact) mass is 390 g/mol. The Morgan fingerprint density at radius 3 is 2.68 bits per heavy atom. The molecule has 1 saturated heterocycles. The molecule has 0 spiro atoms. The van der Waals surface area contributed by atoms with Gasteiger partial charge in [0.2, 0.25) is 11.8 Å². The molecule has 2 bridgehead atoms. The maximum atomic E-state index is 12.6. The Hall–Kier alpha value is -2.68. The number of pyridine rings is 1. The van der Waals surface area contributed by atoms with Crippen molar-refractivity contribution in [1.29, 1.82) is 0 Å². The molecular formula is C19H26N4O5. The van der Waals surface area contributed by atoms with Gasteiger partial charge in [0.25, 0.3) is 11.5 Å². The van der Waals surface area contributed by atoms with E-state index in [0.29, 0.717) is 13.1 Å². The van der Waals surface area contributed by atoms with Gasteiger partial charge >= 0.3 is 0 Å². The number of fused-ring (bicyclic) bond motifs is 4. The predicted molar refractivity (Wildman–Crippen MR) is 101 cm³/mol. The molecule has 9 nitrogen and oxygen atoms in total. The third-order valence-electron chi connectivity index (χ3n) is 5.47. The second kappa shape index (κ2) is 8.14. The van der Waals surface area contributed by atoms with E-state index >= 15 is 0 Å². The highest BCUT2D eigenvalue weighted by molar-refractivity contribution is 5.83. The van der Waals surface area contributed by atoms with Gasteiger partial charge in [-0.05, 0) is 25.3 Å². The number of likely N-dealkylation sites (tertiary alicyclic amines) is 1. The Morgan fingerprint density at radius 1 is 1.25 bits per heavy atom. The normalized spacial score (nSPS) is 24.1. The van der Waals surface area contributed by atoms with Crippen molar-refractivity contribution in [2.24, 2.45) is 5.92 Å². The standard InChI is InChI=1S/C19H26N4O5/c1-11(24)19(28)22-9-13-6-14(10-22)16(7-21-17(26)8-20-12(2)25)23-15(13)4-3-5-18(23)27/h3-5,11,13-14,16,24H,6-10H2,1-2H3,(H,20,25)(H,21,26)/t11-,13+,14-,16-/m0/s1. The van der Waals surface area contributed by atoms with Crippen LogP contribution in [-0.2, 0) is 14.4 Å². The second-order valence-corrected chi connectivity index (χ2v) is 7.55. The average molecular weight is 390 g/mol. The van der Waals surface area contributed by atoms with E-state index in [1.54, 1.807) is 15.5 Å². The highest BCUT2D eigenvalue weighted by Crippen LogP contribution is 2.40. The molecule has 2 aliphatic rings. The summed E-state index contributed by atoms with van der Waals surface area (Å²) in [5.74, 6) is -0.959. The Morgan fingerprint density at radius 2 is 2.00 bits per heavy atom. The zero-order valence-electron chi connectivity index (χ0n) is 16.1. The van der Waals surface area contributed by atoms with E-state index in [2.05, 4.69) is 10.6 Å². The van der Waals surface area contributed by atoms with Gasteiger partial charge < -0.3 is 25.2 Å². The minimum atomic E-state index is -1.08. The fraction of sp³-hybridized carbons (Fsp3) is 0.579. The number of rotatable bonds is 5. The van der Waals surface area contributed by atoms with Crippen LogP contribution in [0.3, 0.4) is 0 Å². The number of carbonyl (C=O) groups is 3. The van der Waals surface area contributed by atoms with Gasteiger partial charge in [0.15, 0.2) is 0 Å². The lowest BCUT2D eigenvalue weighted by Crippen LogP contribution is -2.54. The molecule has 3 rings (SSSR count). The van der Waals surface area contributed by atoms with Crippen molar-refractivity contribution in [2.75, 3.05) is 26.2 Å². The number of nitrogens with zero attached hydrogens (tertiary/aromatic N) is 2. The second-order valence-electron chi connectivity index (χ2n) is 7.55. The molecule has 1 fully saturated rings. The molecule has 0 aromatic carbocycles. The van der Waals surface area contributed by atoms with Gasteiger partial charge in [-0.15, -0.1) is 0 Å². The van der Waals surface area contributed by atoms with E-state index in [1.807, 2.05) is 6.07 Å². The number of hydrogen-bond acceptors (Lipinski definition) is 5. The lowest BCUT2D eigenvalue weighted by molar-refractivity contribution is -0.142. The summed E-state index contributed by atoms with van der Waals surface area (Å²) in [5.41, 5.74) is 0.705. The van der Waals surface area contributed by atoms with Gasteiger partial charge in [0.1, 0.15) is 6.10 Å². The molecular weight excluding hydrogens is 364 g/mol. The highest BCUT2D eigenvalue weighted by Gasteiger charge is 2.42. The molecule has 0 aliphatic carbocycles. The van der Waals surface area contributed by atoms with Crippen LogP contribution in [0.25, 0.3) is 0 Å². The van der Waals surface area contributed by atoms with Crippen LogP contribution in [0.2, 0.25) is 0 Å². The molecule has 0 radical (unpaired) electrons. The van der Waals surface area contributed by atoms with Crippen molar-refractivity contribution < 1.29 is 19.5 Å². The molecule has 1 aromatic rings. The summed E-state index contributed by atoms with van der Waals surface area (Å²) in [5, 5.41) is 14.9. The van der Waals surface area contributed by atoms with Gasteiger partial charge in [-0.3, -0.25) is 19.2 Å². The zero-order chi connectivity index (χ0) is 20.4. The van der Waals surface area contributed by atoms with Crippen LogP contribution in [0.1, 0.15) is 37.9 Å². The predicted octanol–water partition coefficient (Wildman–Crippen LogP) is -1.03. The average Bonchev–Trinajstić information content (AvgIpc) is 2.65. The summed E-state index contributed by atoms with van der Waals surface area (Å²) in [4.78, 5) is 49.5. The Bertz CT molecular complexity index is 834. The number of amides is 3. The maximum absolute atomic E-state index is 12.6. The summed E-state index contributed by atoms with van der Waals surface area (Å²) >= 11 is 0. The first-order valence-electron chi connectivity index (χ1n) is 9.47. The largest absolute Gasteiger partial charge is 0.384 e. The SMILES string of the molecule is CC(=O)NCC(=O)NC[C@H]1[C@H]2C[C@H](CN(C(=O)[C@H](C)O)C2)c2cccc(=O)n21. The number of carbonyl (C=O) groups excluding carboxylic acids is 3. The first kappa shape index (κ1) is 20.1. The van der Waals surface area contributed by atoms with E-state index < -0.39 is 6.10 Å². The minimum absolute atomic E-state index is 0.0154. The van der Waals surface area contributed by atoms with Crippen LogP contribution in [0.15, 0.2) is 23.0 Å². The van der Waals surface area contributed by atoms with Gasteiger partial charge in [-0.25, -0.2) is 0 Å². The molecule has 3 N–H and O–H groups in total. The third kappa shape index (κ3) is 4.09. The fourth-order valence-corrected chi connectivity index (χ4v) is 4.23. The number of aromatic nitrogens is 1. The minimum Gasteiger partial charge on any atom is -0.384 e.